The molecule has 1 aromatic carbocycles. The second-order valence-electron chi connectivity index (χ2n) is 8.69. The third-order valence-corrected chi connectivity index (χ3v) is 6.88. The Kier molecular flexibility index (Phi) is 7.77. The van der Waals surface area contributed by atoms with Crippen molar-refractivity contribution in [3.05, 3.63) is 47.5 Å². The molecule has 0 heterocycles. The highest BCUT2D eigenvalue weighted by Crippen LogP contribution is 2.39. The van der Waals surface area contributed by atoms with Gasteiger partial charge in [0.25, 0.3) is 0 Å². The molecule has 0 N–H and O–H groups in total. The van der Waals surface area contributed by atoms with E-state index in [1.54, 1.807) is 11.1 Å². The van der Waals surface area contributed by atoms with Crippen LogP contribution in [0.5, 0.6) is 0 Å². The van der Waals surface area contributed by atoms with Crippen molar-refractivity contribution in [3.63, 3.8) is 0 Å². The third-order valence-electron chi connectivity index (χ3n) is 6.88. The summed E-state index contributed by atoms with van der Waals surface area (Å²) in [7, 11) is 0. The fraction of sp³-hybridized carbons (Fsp3) is 0.680. The van der Waals surface area contributed by atoms with Crippen molar-refractivity contribution in [1.82, 2.24) is 0 Å². The molecule has 144 valence electrons. The lowest BCUT2D eigenvalue weighted by Crippen LogP contribution is -2.14. The highest BCUT2D eigenvalue weighted by molar-refractivity contribution is 5.28. The molecule has 2 aliphatic carbocycles. The normalized spacial score (nSPS) is 29.9. The first kappa shape index (κ1) is 19.6. The Hall–Kier alpha value is -1.11. The van der Waals surface area contributed by atoms with Gasteiger partial charge in [-0.25, -0.2) is 0 Å². The molecule has 2 aliphatic rings. The number of hydrogen-bond acceptors (Lipinski definition) is 0. The predicted molar refractivity (Wildman–Crippen MR) is 110 cm³/mol. The smallest absolute Gasteiger partial charge is 0.0928 e. The van der Waals surface area contributed by atoms with Crippen molar-refractivity contribution in [1.29, 1.82) is 0 Å². The fourth-order valence-electron chi connectivity index (χ4n) is 5.23. The second kappa shape index (κ2) is 10.3. The van der Waals surface area contributed by atoms with E-state index in [9.17, 15) is 4.39 Å². The van der Waals surface area contributed by atoms with Gasteiger partial charge in [0.2, 0.25) is 0 Å². The Labute approximate surface area is 160 Å². The molecule has 0 nitrogen and oxygen atoms in total. The topological polar surface area (TPSA) is 0 Å². The Morgan fingerprint density at radius 2 is 1.38 bits per heavy atom. The van der Waals surface area contributed by atoms with Crippen LogP contribution in [-0.4, -0.2) is 6.67 Å². The molecule has 0 amide bonds. The molecule has 0 radical (unpaired) electrons. The minimum Gasteiger partial charge on any atom is -0.251 e. The van der Waals surface area contributed by atoms with Crippen LogP contribution in [-0.2, 0) is 0 Å². The maximum absolute atomic E-state index is 12.2. The van der Waals surface area contributed by atoms with E-state index in [0.29, 0.717) is 12.3 Å². The SMILES string of the molecule is CCC[C@H]1CC[C@H](c2ccc([C@H]3CC[C@H](C=CCCF)CC3)cc2)CC1. The predicted octanol–water partition coefficient (Wildman–Crippen LogP) is 7.95. The van der Waals surface area contributed by atoms with E-state index < -0.39 is 0 Å². The van der Waals surface area contributed by atoms with Gasteiger partial charge in [0.05, 0.1) is 6.67 Å². The van der Waals surface area contributed by atoms with Crippen molar-refractivity contribution < 1.29 is 4.39 Å². The van der Waals surface area contributed by atoms with Crippen molar-refractivity contribution >= 4 is 0 Å². The average Bonchev–Trinajstić information content (AvgIpc) is 2.70. The summed E-state index contributed by atoms with van der Waals surface area (Å²) >= 11 is 0. The first-order valence-corrected chi connectivity index (χ1v) is 11.1. The number of allylic oxidation sites excluding steroid dienone is 2. The van der Waals surface area contributed by atoms with Gasteiger partial charge in [0, 0.05) is 0 Å². The van der Waals surface area contributed by atoms with Crippen LogP contribution in [0.25, 0.3) is 0 Å². The number of halogens is 1. The summed E-state index contributed by atoms with van der Waals surface area (Å²) in [6.45, 7) is 2.09. The Balaban J connectivity index is 1.48. The van der Waals surface area contributed by atoms with Crippen LogP contribution in [0.3, 0.4) is 0 Å². The molecule has 0 aliphatic heterocycles. The van der Waals surface area contributed by atoms with E-state index in [-0.39, 0.29) is 6.67 Å². The Morgan fingerprint density at radius 3 is 1.88 bits per heavy atom. The number of rotatable bonds is 7. The van der Waals surface area contributed by atoms with Crippen molar-refractivity contribution in [2.24, 2.45) is 11.8 Å². The monoisotopic (exact) mass is 356 g/mol. The highest BCUT2D eigenvalue weighted by atomic mass is 19.1. The summed E-state index contributed by atoms with van der Waals surface area (Å²) in [5, 5.41) is 0. The van der Waals surface area contributed by atoms with Crippen molar-refractivity contribution in [3.8, 4) is 0 Å². The van der Waals surface area contributed by atoms with Gasteiger partial charge in [-0.1, -0.05) is 56.2 Å². The molecular formula is C25H37F. The quantitative estimate of drug-likeness (QED) is 0.435. The molecule has 2 saturated carbocycles. The molecule has 0 saturated heterocycles. The van der Waals surface area contributed by atoms with Gasteiger partial charge in [-0.3, -0.25) is 4.39 Å². The van der Waals surface area contributed by atoms with E-state index in [1.165, 1.54) is 64.2 Å². The maximum atomic E-state index is 12.2. The minimum absolute atomic E-state index is 0.224. The van der Waals surface area contributed by atoms with E-state index >= 15 is 0 Å². The van der Waals surface area contributed by atoms with Crippen LogP contribution in [0.15, 0.2) is 36.4 Å². The van der Waals surface area contributed by atoms with Gasteiger partial charge in [-0.2, -0.15) is 0 Å². The van der Waals surface area contributed by atoms with Crippen LogP contribution in [0, 0.1) is 11.8 Å². The van der Waals surface area contributed by atoms with Crippen LogP contribution in [0.2, 0.25) is 0 Å². The summed E-state index contributed by atoms with van der Waals surface area (Å²) in [6.07, 6.45) is 18.4. The lowest BCUT2D eigenvalue weighted by Gasteiger charge is -2.30. The molecule has 0 aromatic heterocycles. The van der Waals surface area contributed by atoms with E-state index in [1.807, 2.05) is 6.08 Å². The van der Waals surface area contributed by atoms with Crippen LogP contribution in [0.1, 0.15) is 101 Å². The molecule has 3 rings (SSSR count). The van der Waals surface area contributed by atoms with E-state index in [2.05, 4.69) is 37.3 Å². The fourth-order valence-corrected chi connectivity index (χ4v) is 5.23. The summed E-state index contributed by atoms with van der Waals surface area (Å²) in [6, 6.07) is 9.68. The maximum Gasteiger partial charge on any atom is 0.0928 e. The first-order valence-electron chi connectivity index (χ1n) is 11.1. The number of alkyl halides is 1. The van der Waals surface area contributed by atoms with Gasteiger partial charge in [-0.05, 0) is 92.6 Å². The van der Waals surface area contributed by atoms with Gasteiger partial charge in [0.15, 0.2) is 0 Å². The van der Waals surface area contributed by atoms with Gasteiger partial charge >= 0.3 is 0 Å². The Morgan fingerprint density at radius 1 is 0.846 bits per heavy atom. The highest BCUT2D eigenvalue weighted by Gasteiger charge is 2.23. The number of hydrogen-bond donors (Lipinski definition) is 0. The molecule has 0 spiro atoms. The van der Waals surface area contributed by atoms with Crippen molar-refractivity contribution in [2.45, 2.75) is 89.4 Å². The summed E-state index contributed by atoms with van der Waals surface area (Å²) in [5.41, 5.74) is 3.12. The molecular weight excluding hydrogens is 319 g/mol. The average molecular weight is 357 g/mol. The summed E-state index contributed by atoms with van der Waals surface area (Å²) in [5.74, 6) is 3.20. The zero-order valence-corrected chi connectivity index (χ0v) is 16.6. The lowest BCUT2D eigenvalue weighted by atomic mass is 9.76. The molecule has 1 aromatic rings. The molecule has 0 atom stereocenters. The van der Waals surface area contributed by atoms with Crippen LogP contribution >= 0.6 is 0 Å². The molecule has 26 heavy (non-hydrogen) atoms. The minimum atomic E-state index is -0.224. The number of benzene rings is 1. The van der Waals surface area contributed by atoms with Gasteiger partial charge in [-0.15, -0.1) is 0 Å². The van der Waals surface area contributed by atoms with Gasteiger partial charge < -0.3 is 0 Å². The zero-order valence-electron chi connectivity index (χ0n) is 16.6. The lowest BCUT2D eigenvalue weighted by molar-refractivity contribution is 0.308. The molecule has 2 fully saturated rings. The van der Waals surface area contributed by atoms with E-state index in [0.717, 1.165) is 17.8 Å². The van der Waals surface area contributed by atoms with E-state index in [4.69, 9.17) is 0 Å². The van der Waals surface area contributed by atoms with Gasteiger partial charge in [0.1, 0.15) is 0 Å². The molecule has 0 bridgehead atoms. The van der Waals surface area contributed by atoms with Crippen LogP contribution < -0.4 is 0 Å². The molecule has 0 unspecified atom stereocenters. The zero-order chi connectivity index (χ0) is 18.2. The molecule has 1 heteroatoms. The first-order chi connectivity index (χ1) is 12.8. The van der Waals surface area contributed by atoms with Crippen LogP contribution in [0.4, 0.5) is 4.39 Å². The Bertz CT molecular complexity index is 528. The summed E-state index contributed by atoms with van der Waals surface area (Å²) in [4.78, 5) is 0. The largest absolute Gasteiger partial charge is 0.251 e. The third kappa shape index (κ3) is 5.44. The van der Waals surface area contributed by atoms with Crippen molar-refractivity contribution in [2.75, 3.05) is 6.67 Å². The standard InChI is InChI=1S/C25H37F/c1-2-5-20-7-11-22(12-8-20)24-15-17-25(18-16-24)23-13-9-21(10-14-23)6-3-4-19-26/h3,6,15-18,20-23H,2,4-5,7-14,19H2,1H3/t20-,21-,22-,23-. The summed E-state index contributed by atoms with van der Waals surface area (Å²) < 4.78 is 12.2. The second-order valence-corrected chi connectivity index (χ2v) is 8.69.